The van der Waals surface area contributed by atoms with Gasteiger partial charge in [-0.2, -0.15) is 0 Å². The van der Waals surface area contributed by atoms with E-state index in [1.54, 1.807) is 7.05 Å². The van der Waals surface area contributed by atoms with Gasteiger partial charge in [0.05, 0.1) is 5.41 Å². The Kier molecular flexibility index (Phi) is 4.99. The number of para-hydroxylation sites is 1. The average molecular weight is 454 g/mol. The Morgan fingerprint density at radius 1 is 1.03 bits per heavy atom. The number of hydrogen-bond donors (Lipinski definition) is 1. The highest BCUT2D eigenvalue weighted by Crippen LogP contribution is 2.47. The van der Waals surface area contributed by atoms with E-state index in [0.29, 0.717) is 6.04 Å². The molecule has 2 heterocycles. The van der Waals surface area contributed by atoms with Crippen molar-refractivity contribution in [2.45, 2.75) is 50.1 Å². The molecule has 5 heteroatoms. The number of benzene rings is 3. The molecule has 1 N–H and O–H groups in total. The number of fused-ring (bicyclic) bond motifs is 1. The highest BCUT2D eigenvalue weighted by Gasteiger charge is 2.50. The van der Waals surface area contributed by atoms with Gasteiger partial charge in [-0.1, -0.05) is 54.6 Å². The van der Waals surface area contributed by atoms with E-state index in [9.17, 15) is 9.59 Å². The van der Waals surface area contributed by atoms with Gasteiger partial charge < -0.3 is 10.2 Å². The van der Waals surface area contributed by atoms with Gasteiger partial charge in [-0.3, -0.25) is 14.5 Å². The fraction of sp³-hybridized carbons (Fsp3) is 0.379. The zero-order chi connectivity index (χ0) is 23.4. The molecule has 1 saturated heterocycles. The van der Waals surface area contributed by atoms with Crippen molar-refractivity contribution in [2.24, 2.45) is 0 Å². The van der Waals surface area contributed by atoms with Crippen molar-refractivity contribution in [2.75, 3.05) is 25.0 Å². The molecule has 1 fully saturated rings. The largest absolute Gasteiger partial charge is 0.359 e. The van der Waals surface area contributed by atoms with Crippen LogP contribution in [-0.4, -0.2) is 42.9 Å². The molecule has 3 aromatic rings. The molecule has 6 rings (SSSR count). The van der Waals surface area contributed by atoms with E-state index in [4.69, 9.17) is 0 Å². The van der Waals surface area contributed by atoms with Gasteiger partial charge in [0.25, 0.3) is 0 Å². The molecule has 2 amide bonds. The smallest absolute Gasteiger partial charge is 0.238 e. The Morgan fingerprint density at radius 3 is 2.53 bits per heavy atom. The van der Waals surface area contributed by atoms with Crippen LogP contribution in [0.1, 0.15) is 48.9 Å². The Morgan fingerprint density at radius 2 is 1.76 bits per heavy atom. The van der Waals surface area contributed by atoms with Gasteiger partial charge in [0.15, 0.2) is 0 Å². The number of carbonyl (C=O) groups excluding carboxylic acids is 2. The van der Waals surface area contributed by atoms with Crippen LogP contribution in [0, 0.1) is 0 Å². The first-order chi connectivity index (χ1) is 16.5. The van der Waals surface area contributed by atoms with Crippen LogP contribution in [0.3, 0.4) is 0 Å². The van der Waals surface area contributed by atoms with E-state index in [0.717, 1.165) is 43.6 Å². The first-order valence-electron chi connectivity index (χ1n) is 12.4. The van der Waals surface area contributed by atoms with Crippen LogP contribution in [0.25, 0.3) is 10.8 Å². The molecule has 0 spiro atoms. The third-order valence-corrected chi connectivity index (χ3v) is 8.34. The summed E-state index contributed by atoms with van der Waals surface area (Å²) in [7, 11) is 1.63. The van der Waals surface area contributed by atoms with E-state index in [1.807, 2.05) is 36.1 Å². The average Bonchev–Trinajstić information content (AvgIpc) is 3.34. The second kappa shape index (κ2) is 7.95. The molecule has 0 radical (unpaired) electrons. The number of piperidine rings is 1. The zero-order valence-corrected chi connectivity index (χ0v) is 19.9. The van der Waals surface area contributed by atoms with Crippen LogP contribution in [0.15, 0.2) is 60.7 Å². The SMILES string of the molecule is CNC(=O)CC1(C)C(=O)N(C2CCN(C3Cc4cccc5cccc3c45)CC2)c2ccccc21. The highest BCUT2D eigenvalue weighted by molar-refractivity contribution is 6.10. The van der Waals surface area contributed by atoms with Gasteiger partial charge in [0.2, 0.25) is 11.8 Å². The molecule has 2 atom stereocenters. The van der Waals surface area contributed by atoms with Crippen molar-refractivity contribution in [3.8, 4) is 0 Å². The van der Waals surface area contributed by atoms with Crippen LogP contribution in [0.5, 0.6) is 0 Å². The molecule has 5 nitrogen and oxygen atoms in total. The quantitative estimate of drug-likeness (QED) is 0.639. The van der Waals surface area contributed by atoms with Crippen LogP contribution < -0.4 is 10.2 Å². The van der Waals surface area contributed by atoms with Gasteiger partial charge in [-0.25, -0.2) is 0 Å². The second-order valence-electron chi connectivity index (χ2n) is 10.2. The summed E-state index contributed by atoms with van der Waals surface area (Å²) in [5.41, 5.74) is 4.05. The summed E-state index contributed by atoms with van der Waals surface area (Å²) in [6.07, 6.45) is 3.13. The number of nitrogens with zero attached hydrogens (tertiary/aromatic N) is 2. The minimum absolute atomic E-state index is 0.0637. The van der Waals surface area contributed by atoms with Gasteiger partial charge in [-0.05, 0) is 59.7 Å². The van der Waals surface area contributed by atoms with Crippen LogP contribution in [-0.2, 0) is 21.4 Å². The normalized spacial score (nSPS) is 24.6. The second-order valence-corrected chi connectivity index (χ2v) is 10.2. The molecule has 0 bridgehead atoms. The summed E-state index contributed by atoms with van der Waals surface area (Å²) in [5, 5.41) is 5.47. The maximum Gasteiger partial charge on any atom is 0.238 e. The standard InChI is InChI=1S/C29H31N3O2/c1-29(18-26(33)30-2)23-11-3-4-12-24(23)32(28(29)34)21-13-15-31(16-14-21)25-17-20-9-5-7-19-8-6-10-22(25)27(19)20/h3-12,21,25H,13-18H2,1-2H3,(H,30,33). The Bertz CT molecular complexity index is 1290. The molecular formula is C29H31N3O2. The first kappa shape index (κ1) is 21.4. The van der Waals surface area contributed by atoms with Gasteiger partial charge in [0, 0.05) is 44.3 Å². The number of hydrogen-bond acceptors (Lipinski definition) is 3. The van der Waals surface area contributed by atoms with Gasteiger partial charge in [0.1, 0.15) is 0 Å². The fourth-order valence-electron chi connectivity index (χ4n) is 6.58. The van der Waals surface area contributed by atoms with Crippen molar-refractivity contribution in [3.63, 3.8) is 0 Å². The third-order valence-electron chi connectivity index (χ3n) is 8.34. The lowest BCUT2D eigenvalue weighted by atomic mass is 9.80. The monoisotopic (exact) mass is 453 g/mol. The summed E-state index contributed by atoms with van der Waals surface area (Å²) in [5.74, 6) is -0.0360. The van der Waals surface area contributed by atoms with Crippen molar-refractivity contribution >= 4 is 28.3 Å². The predicted molar refractivity (Wildman–Crippen MR) is 135 cm³/mol. The van der Waals surface area contributed by atoms with Crippen molar-refractivity contribution in [1.29, 1.82) is 0 Å². The topological polar surface area (TPSA) is 52.7 Å². The molecule has 0 saturated carbocycles. The van der Waals surface area contributed by atoms with Crippen molar-refractivity contribution < 1.29 is 9.59 Å². The van der Waals surface area contributed by atoms with E-state index in [-0.39, 0.29) is 24.3 Å². The summed E-state index contributed by atoms with van der Waals surface area (Å²) in [4.78, 5) is 30.7. The Labute approximate surface area is 200 Å². The minimum atomic E-state index is -0.809. The molecule has 2 unspecified atom stereocenters. The molecule has 34 heavy (non-hydrogen) atoms. The molecular weight excluding hydrogens is 422 g/mol. The number of likely N-dealkylation sites (tertiary alicyclic amines) is 1. The van der Waals surface area contributed by atoms with Crippen molar-refractivity contribution in [1.82, 2.24) is 10.2 Å². The van der Waals surface area contributed by atoms with E-state index in [1.165, 1.54) is 21.9 Å². The third kappa shape index (κ3) is 3.10. The predicted octanol–water partition coefficient (Wildman–Crippen LogP) is 4.34. The van der Waals surface area contributed by atoms with E-state index >= 15 is 0 Å². The lowest BCUT2D eigenvalue weighted by Gasteiger charge is -2.40. The minimum Gasteiger partial charge on any atom is -0.359 e. The van der Waals surface area contributed by atoms with Crippen LogP contribution in [0.2, 0.25) is 0 Å². The molecule has 174 valence electrons. The molecule has 1 aliphatic carbocycles. The maximum atomic E-state index is 13.8. The zero-order valence-electron chi connectivity index (χ0n) is 19.9. The fourth-order valence-corrected chi connectivity index (χ4v) is 6.58. The lowest BCUT2D eigenvalue weighted by Crippen LogP contribution is -2.50. The molecule has 2 aliphatic heterocycles. The molecule has 3 aliphatic rings. The first-order valence-corrected chi connectivity index (χ1v) is 12.4. The number of carbonyl (C=O) groups is 2. The summed E-state index contributed by atoms with van der Waals surface area (Å²) < 4.78 is 0. The molecule has 0 aromatic heterocycles. The van der Waals surface area contributed by atoms with Gasteiger partial charge in [-0.15, -0.1) is 0 Å². The highest BCUT2D eigenvalue weighted by atomic mass is 16.2. The van der Waals surface area contributed by atoms with Crippen molar-refractivity contribution in [3.05, 3.63) is 77.4 Å². The van der Waals surface area contributed by atoms with Gasteiger partial charge >= 0.3 is 0 Å². The van der Waals surface area contributed by atoms with E-state index in [2.05, 4.69) is 46.6 Å². The van der Waals surface area contributed by atoms with Crippen LogP contribution >= 0.6 is 0 Å². The summed E-state index contributed by atoms with van der Waals surface area (Å²) >= 11 is 0. The van der Waals surface area contributed by atoms with Crippen LogP contribution in [0.4, 0.5) is 5.69 Å². The molecule has 3 aromatic carbocycles. The number of anilines is 1. The summed E-state index contributed by atoms with van der Waals surface area (Å²) in [6.45, 7) is 3.87. The Hall–Kier alpha value is -3.18. The number of rotatable bonds is 4. The number of nitrogens with one attached hydrogen (secondary N) is 1. The summed E-state index contributed by atoms with van der Waals surface area (Å²) in [6, 6.07) is 21.9. The maximum absolute atomic E-state index is 13.8. The Balaban J connectivity index is 1.23. The van der Waals surface area contributed by atoms with E-state index < -0.39 is 5.41 Å². The number of amides is 2. The lowest BCUT2D eigenvalue weighted by molar-refractivity contribution is -0.129.